The number of aryl methyl sites for hydroxylation is 4. The monoisotopic (exact) mass is 893 g/mol. The number of hydrogen-bond donors (Lipinski definition) is 2. The fourth-order valence-electron chi connectivity index (χ4n) is 9.27. The van der Waals surface area contributed by atoms with Gasteiger partial charge < -0.3 is 15.7 Å². The van der Waals surface area contributed by atoms with Crippen LogP contribution >= 0.6 is 0 Å². The summed E-state index contributed by atoms with van der Waals surface area (Å²) in [6.07, 6.45) is 0. The second kappa shape index (κ2) is 19.7. The Labute approximate surface area is 441 Å². The first-order valence-corrected chi connectivity index (χ1v) is 22.7. The maximum absolute atomic E-state index is 10.1. The molecule has 2 aliphatic carbocycles. The van der Waals surface area contributed by atoms with Crippen molar-refractivity contribution in [3.8, 4) is 44.5 Å². The number of nitrogens with one attached hydrogen (secondary N) is 2. The summed E-state index contributed by atoms with van der Waals surface area (Å²) >= 11 is 0. The van der Waals surface area contributed by atoms with E-state index in [1.54, 1.807) is 20.8 Å². The molecule has 0 heterocycles. The zero-order chi connectivity index (χ0) is 48.8. The molecule has 0 aromatic heterocycles. The summed E-state index contributed by atoms with van der Waals surface area (Å²) in [5.74, 6) is 0. The number of benzene rings is 8. The molecule has 2 aliphatic rings. The van der Waals surface area contributed by atoms with Crippen LogP contribution in [0.1, 0.15) is 97.1 Å². The van der Waals surface area contributed by atoms with E-state index >= 15 is 0 Å². The van der Waals surface area contributed by atoms with Crippen LogP contribution in [0.4, 0.5) is 22.7 Å². The van der Waals surface area contributed by atoms with Crippen molar-refractivity contribution < 1.29 is 60.6 Å². The molecule has 0 bridgehead atoms. The average Bonchev–Trinajstić information content (AvgIpc) is 3.66. The number of rotatable bonds is 6. The first kappa shape index (κ1) is 44.8. The Morgan fingerprint density at radius 3 is 1.15 bits per heavy atom. The maximum Gasteiger partial charge on any atom is 1.00 e. The summed E-state index contributed by atoms with van der Waals surface area (Å²) in [7, 11) is 0. The minimum atomic E-state index is -2.23. The predicted molar refractivity (Wildman–Crippen MR) is 277 cm³/mol. The second-order valence-electron chi connectivity index (χ2n) is 19.7. The Morgan fingerprint density at radius 1 is 0.394 bits per heavy atom. The number of fused-ring (bicyclic) bond motifs is 6. The predicted octanol–water partition coefficient (Wildman–Crippen LogP) is 13.2. The molecule has 8 aromatic carbocycles. The van der Waals surface area contributed by atoms with Crippen LogP contribution in [-0.4, -0.2) is 5.60 Å². The molecule has 0 saturated carbocycles. The van der Waals surface area contributed by atoms with Crippen LogP contribution in [0.3, 0.4) is 0 Å². The first-order valence-electron chi connectivity index (χ1n) is 24.2. The summed E-state index contributed by atoms with van der Waals surface area (Å²) in [5.41, 5.74) is 21.7. The van der Waals surface area contributed by atoms with Gasteiger partial charge in [0.2, 0.25) is 0 Å². The molecular weight excluding hydrogens is 828 g/mol. The van der Waals surface area contributed by atoms with Gasteiger partial charge in [-0.15, -0.1) is 5.60 Å². The summed E-state index contributed by atoms with van der Waals surface area (Å²) in [5, 5.41) is 17.3. The Kier molecular flexibility index (Phi) is 13.3. The molecule has 8 aromatic rings. The fourth-order valence-corrected chi connectivity index (χ4v) is 9.27. The van der Waals surface area contributed by atoms with Crippen LogP contribution in [0.25, 0.3) is 44.5 Å². The molecule has 0 aliphatic heterocycles. The van der Waals surface area contributed by atoms with Crippen molar-refractivity contribution in [3.63, 3.8) is 0 Å². The average molecular weight is 894 g/mol. The molecule has 0 fully saturated rings. The van der Waals surface area contributed by atoms with Crippen molar-refractivity contribution in [2.45, 2.75) is 92.5 Å². The Morgan fingerprint density at radius 2 is 0.742 bits per heavy atom. The largest absolute Gasteiger partial charge is 1.00 e. The van der Waals surface area contributed by atoms with E-state index < -0.39 is 12.5 Å². The van der Waals surface area contributed by atoms with Gasteiger partial charge in [0, 0.05) is 37.7 Å². The number of anilines is 4. The summed E-state index contributed by atoms with van der Waals surface area (Å²) in [6, 6.07) is 59.5. The molecule has 0 radical (unpaired) electrons. The van der Waals surface area contributed by atoms with Crippen LogP contribution in [-0.2, 0) is 10.8 Å². The molecule has 0 saturated heterocycles. The van der Waals surface area contributed by atoms with Crippen LogP contribution in [0.2, 0.25) is 0 Å². The van der Waals surface area contributed by atoms with E-state index in [1.165, 1.54) is 61.3 Å². The van der Waals surface area contributed by atoms with Crippen LogP contribution in [0.5, 0.6) is 0 Å². The van der Waals surface area contributed by atoms with Gasteiger partial charge in [0.1, 0.15) is 0 Å². The molecule has 2 N–H and O–H groups in total. The molecule has 3 nitrogen and oxygen atoms in total. The first-order chi connectivity index (χ1) is 32.1. The molecule has 10 rings (SSSR count). The van der Waals surface area contributed by atoms with Crippen molar-refractivity contribution in [1.29, 1.82) is 0 Å². The zero-order valence-electron chi connectivity index (χ0n) is 43.6. The third kappa shape index (κ3) is 10.3. The standard InChI is InChI=1S/2C29H27N.C4H9O.K/c2*1-19-14-15-22(21-10-6-5-7-11-21)17-27(19)30-28-18-24-23-12-8-9-13-25(23)29(3,4)26(24)16-20(28)2;1-4(2,3)5;/h2*5-18,30H,1-4H3;1-3H3;/q;;-1;+1/i2D3;;;. The molecule has 0 amide bonds. The van der Waals surface area contributed by atoms with Gasteiger partial charge in [-0.2, -0.15) is 0 Å². The van der Waals surface area contributed by atoms with E-state index in [9.17, 15) is 5.11 Å². The molecule has 4 heteroatoms. The topological polar surface area (TPSA) is 47.1 Å². The minimum absolute atomic E-state index is 0. The van der Waals surface area contributed by atoms with Crippen molar-refractivity contribution in [2.75, 3.05) is 10.6 Å². The van der Waals surface area contributed by atoms with Gasteiger partial charge in [-0.05, 0) is 141 Å². The van der Waals surface area contributed by atoms with E-state index in [0.717, 1.165) is 39.2 Å². The Hall–Kier alpha value is -5.04. The van der Waals surface area contributed by atoms with Crippen molar-refractivity contribution in [3.05, 3.63) is 214 Å². The SMILES string of the molecule is CC(C)(C)[O-].Cc1ccc(-c2ccccc2)cc1Nc1cc2c(cc1C)C(C)(C)c1ccccc1-2.[2H]C([2H])([2H])c1cc2c(cc1Nc1cc(-c3ccccc3)ccc1C)-c1ccccc1C2(C)C.[K+]. The maximum atomic E-state index is 10.1. The quantitative estimate of drug-likeness (QED) is 0.164. The Balaban J connectivity index is 0.000000184. The summed E-state index contributed by atoms with van der Waals surface area (Å²) < 4.78 is 24.8. The van der Waals surface area contributed by atoms with E-state index in [-0.39, 0.29) is 62.2 Å². The third-order valence-corrected chi connectivity index (χ3v) is 12.9. The Bertz CT molecular complexity index is 3120. The molecule has 0 unspecified atom stereocenters. The van der Waals surface area contributed by atoms with Crippen LogP contribution in [0, 0.1) is 27.6 Å². The van der Waals surface area contributed by atoms with Gasteiger partial charge >= 0.3 is 51.4 Å². The van der Waals surface area contributed by atoms with Crippen molar-refractivity contribution in [1.82, 2.24) is 0 Å². The molecule has 328 valence electrons. The van der Waals surface area contributed by atoms with E-state index in [4.69, 9.17) is 4.11 Å². The van der Waals surface area contributed by atoms with Gasteiger partial charge in [-0.1, -0.05) is 194 Å². The fraction of sp³-hybridized carbons (Fsp3) is 0.226. The van der Waals surface area contributed by atoms with Gasteiger partial charge in [0.05, 0.1) is 0 Å². The van der Waals surface area contributed by atoms with Crippen molar-refractivity contribution >= 4 is 22.7 Å². The van der Waals surface area contributed by atoms with Gasteiger partial charge in [0.25, 0.3) is 0 Å². The normalized spacial score (nSPS) is 14.1. The molecule has 0 atom stereocenters. The van der Waals surface area contributed by atoms with E-state index in [2.05, 4.69) is 186 Å². The van der Waals surface area contributed by atoms with E-state index in [1.807, 2.05) is 43.3 Å². The van der Waals surface area contributed by atoms with Gasteiger partial charge in [0.15, 0.2) is 0 Å². The van der Waals surface area contributed by atoms with Gasteiger partial charge in [-0.25, -0.2) is 0 Å². The minimum Gasteiger partial charge on any atom is -0.850 e. The second-order valence-corrected chi connectivity index (χ2v) is 19.7. The van der Waals surface area contributed by atoms with E-state index in [0.29, 0.717) is 11.3 Å². The number of hydrogen-bond acceptors (Lipinski definition) is 3. The summed E-state index contributed by atoms with van der Waals surface area (Å²) in [4.78, 5) is 0. The van der Waals surface area contributed by atoms with Crippen LogP contribution < -0.4 is 67.1 Å². The molecule has 66 heavy (non-hydrogen) atoms. The molecular formula is C62H63KN2O. The van der Waals surface area contributed by atoms with Gasteiger partial charge in [-0.3, -0.25) is 0 Å². The van der Waals surface area contributed by atoms with Crippen LogP contribution in [0.15, 0.2) is 170 Å². The zero-order valence-corrected chi connectivity index (χ0v) is 43.7. The van der Waals surface area contributed by atoms with Crippen molar-refractivity contribution in [2.24, 2.45) is 0 Å². The summed E-state index contributed by atoms with van der Waals surface area (Å²) in [6.45, 7) is 18.1. The smallest absolute Gasteiger partial charge is 0.850 e. The molecule has 0 spiro atoms. The third-order valence-electron chi connectivity index (χ3n) is 12.9.